The number of benzene rings is 1. The third kappa shape index (κ3) is 3.70. The number of aromatic hydroxyl groups is 1. The number of nitrogen functional groups attached to an aromatic ring is 1. The molecular weight excluding hydrogens is 410 g/mol. The molecule has 1 aliphatic rings. The smallest absolute Gasteiger partial charge is 0.228 e. The van der Waals surface area contributed by atoms with Crippen molar-refractivity contribution in [2.45, 2.75) is 24.5 Å². The van der Waals surface area contributed by atoms with Crippen molar-refractivity contribution in [3.8, 4) is 11.5 Å². The normalized spacial score (nSPS) is 23.6. The van der Waals surface area contributed by atoms with Crippen LogP contribution < -0.4 is 15.9 Å². The Morgan fingerprint density at radius 3 is 2.84 bits per heavy atom. The fraction of sp³-hybridized carbons (Fsp3) is 0.333. The van der Waals surface area contributed by atoms with Crippen LogP contribution in [-0.2, 0) is 4.74 Å². The van der Waals surface area contributed by atoms with E-state index in [1.165, 1.54) is 30.3 Å². The number of aliphatic hydroxyl groups is 3. The number of hydrazone groups is 1. The van der Waals surface area contributed by atoms with E-state index in [0.717, 1.165) is 0 Å². The quantitative estimate of drug-likeness (QED) is 0.211. The van der Waals surface area contributed by atoms with E-state index in [2.05, 4.69) is 25.5 Å². The van der Waals surface area contributed by atoms with Crippen LogP contribution in [0.1, 0.15) is 11.8 Å². The molecule has 164 valence electrons. The van der Waals surface area contributed by atoms with Gasteiger partial charge in [0.15, 0.2) is 34.7 Å². The van der Waals surface area contributed by atoms with Crippen molar-refractivity contribution in [1.82, 2.24) is 19.5 Å². The number of fused-ring (bicyclic) bond motifs is 1. The Bertz CT molecular complexity index is 1120. The third-order valence-electron chi connectivity index (χ3n) is 4.86. The Morgan fingerprint density at radius 2 is 2.13 bits per heavy atom. The molecule has 4 rings (SSSR count). The van der Waals surface area contributed by atoms with Gasteiger partial charge in [-0.05, 0) is 23.8 Å². The molecule has 31 heavy (non-hydrogen) atoms. The first-order valence-electron chi connectivity index (χ1n) is 9.21. The highest BCUT2D eigenvalue weighted by molar-refractivity contribution is 5.85. The van der Waals surface area contributed by atoms with E-state index in [1.54, 1.807) is 12.1 Å². The summed E-state index contributed by atoms with van der Waals surface area (Å²) in [4.78, 5) is 12.4. The molecule has 3 heterocycles. The average molecular weight is 431 g/mol. The van der Waals surface area contributed by atoms with Gasteiger partial charge in [0, 0.05) is 0 Å². The van der Waals surface area contributed by atoms with Crippen molar-refractivity contribution in [2.24, 2.45) is 5.10 Å². The van der Waals surface area contributed by atoms with Gasteiger partial charge >= 0.3 is 0 Å². The number of methoxy groups -OCH3 is 1. The summed E-state index contributed by atoms with van der Waals surface area (Å²) in [6, 6.07) is 4.67. The fourth-order valence-electron chi connectivity index (χ4n) is 3.28. The molecule has 7 N–H and O–H groups in total. The maximum atomic E-state index is 10.5. The number of hydrogen-bond donors (Lipinski definition) is 6. The molecule has 13 nitrogen and oxygen atoms in total. The fourth-order valence-corrected chi connectivity index (χ4v) is 3.28. The summed E-state index contributed by atoms with van der Waals surface area (Å²) in [6.45, 7) is -0.484. The maximum Gasteiger partial charge on any atom is 0.228 e. The Kier molecular flexibility index (Phi) is 5.56. The molecular formula is C18H21N7O6. The lowest BCUT2D eigenvalue weighted by Gasteiger charge is -2.18. The number of imidazole rings is 1. The Morgan fingerprint density at radius 1 is 1.32 bits per heavy atom. The number of hydrogen-bond acceptors (Lipinski definition) is 12. The molecule has 0 saturated carbocycles. The van der Waals surface area contributed by atoms with E-state index in [0.29, 0.717) is 5.56 Å². The van der Waals surface area contributed by atoms with Crippen molar-refractivity contribution < 1.29 is 29.9 Å². The third-order valence-corrected chi connectivity index (χ3v) is 4.86. The number of phenolic OH excluding ortho intramolecular Hbond substituents is 1. The first kappa shape index (κ1) is 20.7. The van der Waals surface area contributed by atoms with Crippen molar-refractivity contribution in [3.05, 3.63) is 30.1 Å². The van der Waals surface area contributed by atoms with E-state index in [-0.39, 0.29) is 34.4 Å². The van der Waals surface area contributed by atoms with Gasteiger partial charge in [-0.2, -0.15) is 5.10 Å². The highest BCUT2D eigenvalue weighted by atomic mass is 16.6. The number of ether oxygens (including phenoxy) is 2. The number of nitrogens with one attached hydrogen (secondary N) is 1. The van der Waals surface area contributed by atoms with Gasteiger partial charge in [-0.15, -0.1) is 0 Å². The summed E-state index contributed by atoms with van der Waals surface area (Å²) in [5.41, 5.74) is 9.73. The second kappa shape index (κ2) is 8.31. The largest absolute Gasteiger partial charge is 0.504 e. The van der Waals surface area contributed by atoms with Crippen LogP contribution in [0.4, 0.5) is 11.8 Å². The summed E-state index contributed by atoms with van der Waals surface area (Å²) < 4.78 is 12.1. The minimum absolute atomic E-state index is 0.00665. The van der Waals surface area contributed by atoms with E-state index in [1.807, 2.05) is 0 Å². The topological polar surface area (TPSA) is 193 Å². The predicted octanol–water partition coefficient (Wildman–Crippen LogP) is -0.820. The molecule has 1 aliphatic heterocycles. The Labute approximate surface area is 175 Å². The lowest BCUT2D eigenvalue weighted by Crippen LogP contribution is -2.33. The van der Waals surface area contributed by atoms with Crippen molar-refractivity contribution in [3.63, 3.8) is 0 Å². The Balaban J connectivity index is 1.69. The van der Waals surface area contributed by atoms with Crippen LogP contribution in [0.15, 0.2) is 29.6 Å². The van der Waals surface area contributed by atoms with Gasteiger partial charge in [0.2, 0.25) is 5.95 Å². The van der Waals surface area contributed by atoms with Crippen molar-refractivity contribution >= 4 is 29.1 Å². The van der Waals surface area contributed by atoms with Crippen LogP contribution >= 0.6 is 0 Å². The van der Waals surface area contributed by atoms with Crippen LogP contribution in [0.3, 0.4) is 0 Å². The van der Waals surface area contributed by atoms with Gasteiger partial charge in [0.05, 0.1) is 19.9 Å². The van der Waals surface area contributed by atoms with Crippen LogP contribution in [0.5, 0.6) is 11.5 Å². The molecule has 0 radical (unpaired) electrons. The Hall–Kier alpha value is -3.52. The molecule has 0 amide bonds. The zero-order chi connectivity index (χ0) is 22.1. The number of anilines is 2. The zero-order valence-electron chi connectivity index (χ0n) is 16.3. The molecule has 13 heteroatoms. The summed E-state index contributed by atoms with van der Waals surface area (Å²) in [6.07, 6.45) is -2.09. The molecule has 1 fully saturated rings. The molecule has 0 unspecified atom stereocenters. The molecule has 1 saturated heterocycles. The molecule has 3 aromatic rings. The second-order valence-corrected chi connectivity index (χ2v) is 6.77. The van der Waals surface area contributed by atoms with Gasteiger partial charge in [-0.3, -0.25) is 4.57 Å². The first-order valence-corrected chi connectivity index (χ1v) is 9.21. The highest BCUT2D eigenvalue weighted by Gasteiger charge is 2.45. The number of aromatic nitrogens is 4. The number of nitrogens with zero attached hydrogens (tertiary/aromatic N) is 5. The van der Waals surface area contributed by atoms with Crippen LogP contribution in [0.2, 0.25) is 0 Å². The van der Waals surface area contributed by atoms with Crippen LogP contribution in [0.25, 0.3) is 11.2 Å². The summed E-state index contributed by atoms with van der Waals surface area (Å²) >= 11 is 0. The molecule has 1 aromatic carbocycles. The average Bonchev–Trinajstić information content (AvgIpc) is 3.27. The molecule has 0 bridgehead atoms. The minimum Gasteiger partial charge on any atom is -0.504 e. The van der Waals surface area contributed by atoms with Crippen molar-refractivity contribution in [1.29, 1.82) is 0 Å². The summed E-state index contributed by atoms with van der Waals surface area (Å²) in [5, 5.41) is 43.8. The predicted molar refractivity (Wildman–Crippen MR) is 109 cm³/mol. The first-order chi connectivity index (χ1) is 14.9. The van der Waals surface area contributed by atoms with Gasteiger partial charge in [0.1, 0.15) is 24.6 Å². The molecule has 0 aliphatic carbocycles. The summed E-state index contributed by atoms with van der Waals surface area (Å²) in [5.74, 6) is 0.489. The standard InChI is InChI=1S/C18H21N7O6/c1-30-10-4-8(2-3-9(10)27)5-22-24-18-23-12-15(19)20-7-21-16(12)25(18)17-14(29)13(28)11(6-26)31-17/h2-5,7,11,13-14,17,26-29H,6H2,1H3,(H,23,24)(H2,19,20,21)/t11-,13-,14-,17-/m0/s1. The lowest BCUT2D eigenvalue weighted by atomic mass is 10.1. The lowest BCUT2D eigenvalue weighted by molar-refractivity contribution is -0.0501. The second-order valence-electron chi connectivity index (χ2n) is 6.77. The van der Waals surface area contributed by atoms with Gasteiger partial charge in [0.25, 0.3) is 0 Å². The zero-order valence-corrected chi connectivity index (χ0v) is 16.3. The minimum atomic E-state index is -1.36. The summed E-state index contributed by atoms with van der Waals surface area (Å²) in [7, 11) is 1.43. The molecule has 2 aromatic heterocycles. The number of rotatable bonds is 6. The van der Waals surface area contributed by atoms with E-state index in [4.69, 9.17) is 15.2 Å². The van der Waals surface area contributed by atoms with Gasteiger partial charge in [-0.1, -0.05) is 0 Å². The monoisotopic (exact) mass is 431 g/mol. The number of phenols is 1. The van der Waals surface area contributed by atoms with Crippen LogP contribution in [-0.4, -0.2) is 78.2 Å². The SMILES string of the molecule is COc1cc(C=NNc2nc3c(N)ncnc3n2[C@H]2O[C@@H](CO)[C@H](O)[C@@H]2O)ccc1O. The molecule has 0 spiro atoms. The maximum absolute atomic E-state index is 10.5. The van der Waals surface area contributed by atoms with Crippen LogP contribution in [0, 0.1) is 0 Å². The van der Waals surface area contributed by atoms with Gasteiger partial charge < -0.3 is 35.6 Å². The number of nitrogens with two attached hydrogens (primary N) is 1. The van der Waals surface area contributed by atoms with E-state index < -0.39 is 31.1 Å². The van der Waals surface area contributed by atoms with E-state index >= 15 is 0 Å². The van der Waals surface area contributed by atoms with E-state index in [9.17, 15) is 20.4 Å². The van der Waals surface area contributed by atoms with Crippen molar-refractivity contribution in [2.75, 3.05) is 24.9 Å². The highest BCUT2D eigenvalue weighted by Crippen LogP contribution is 2.35. The molecule has 4 atom stereocenters. The van der Waals surface area contributed by atoms with Gasteiger partial charge in [-0.25, -0.2) is 20.4 Å². The number of aliphatic hydroxyl groups excluding tert-OH is 3.